The van der Waals surface area contributed by atoms with Crippen LogP contribution in [0.2, 0.25) is 5.02 Å². The molecule has 0 atom stereocenters. The number of halogens is 1. The van der Waals surface area contributed by atoms with Crippen molar-refractivity contribution in [3.63, 3.8) is 0 Å². The first-order chi connectivity index (χ1) is 11.5. The molecular formula is C18H16ClN3O2. The molecule has 0 aliphatic carbocycles. The molecule has 1 aromatic carbocycles. The number of anilines is 1. The molecule has 2 heterocycles. The Morgan fingerprint density at radius 2 is 2.00 bits per heavy atom. The van der Waals surface area contributed by atoms with Gasteiger partial charge in [-0.15, -0.1) is 0 Å². The number of rotatable bonds is 4. The first-order valence-corrected chi connectivity index (χ1v) is 7.89. The highest BCUT2D eigenvalue weighted by molar-refractivity contribution is 6.35. The first-order valence-electron chi connectivity index (χ1n) is 7.52. The number of hydrogen-bond acceptors (Lipinski definition) is 4. The fourth-order valence-corrected chi connectivity index (χ4v) is 2.47. The molecule has 0 fully saturated rings. The molecule has 122 valence electrons. The summed E-state index contributed by atoms with van der Waals surface area (Å²) in [7, 11) is 0. The van der Waals surface area contributed by atoms with Crippen LogP contribution in [0.15, 0.2) is 48.8 Å². The minimum atomic E-state index is -0.270. The summed E-state index contributed by atoms with van der Waals surface area (Å²) in [5, 5.41) is 4.23. The third-order valence-electron chi connectivity index (χ3n) is 3.32. The SMILES string of the molecule is CC(C)Oc1ccc(C(=O)Nc2cccc3c(Cl)ccnc23)cn1. The molecule has 5 nitrogen and oxygen atoms in total. The van der Waals surface area contributed by atoms with E-state index >= 15 is 0 Å². The highest BCUT2D eigenvalue weighted by atomic mass is 35.5. The number of aromatic nitrogens is 2. The third-order valence-corrected chi connectivity index (χ3v) is 3.65. The number of nitrogens with one attached hydrogen (secondary N) is 1. The molecule has 3 aromatic rings. The van der Waals surface area contributed by atoms with E-state index < -0.39 is 0 Å². The quantitative estimate of drug-likeness (QED) is 0.767. The summed E-state index contributed by atoms with van der Waals surface area (Å²) < 4.78 is 5.47. The van der Waals surface area contributed by atoms with Crippen molar-refractivity contribution in [2.45, 2.75) is 20.0 Å². The smallest absolute Gasteiger partial charge is 0.257 e. The molecule has 6 heteroatoms. The van der Waals surface area contributed by atoms with Crippen molar-refractivity contribution >= 4 is 34.1 Å². The van der Waals surface area contributed by atoms with E-state index in [9.17, 15) is 4.79 Å². The van der Waals surface area contributed by atoms with Crippen LogP contribution in [0.3, 0.4) is 0 Å². The predicted molar refractivity (Wildman–Crippen MR) is 94.7 cm³/mol. The molecule has 0 aliphatic rings. The number of amides is 1. The molecule has 2 aromatic heterocycles. The summed E-state index contributed by atoms with van der Waals surface area (Å²) in [6, 6.07) is 10.5. The number of hydrogen-bond donors (Lipinski definition) is 1. The summed E-state index contributed by atoms with van der Waals surface area (Å²) in [5.41, 5.74) is 1.68. The summed E-state index contributed by atoms with van der Waals surface area (Å²) >= 11 is 6.16. The Morgan fingerprint density at radius 3 is 2.71 bits per heavy atom. The standard InChI is InChI=1S/C18H16ClN3O2/c1-11(2)24-16-7-6-12(10-21-16)18(23)22-15-5-3-4-13-14(19)8-9-20-17(13)15/h3-11H,1-2H3,(H,22,23). The van der Waals surface area contributed by atoms with E-state index in [-0.39, 0.29) is 12.0 Å². The van der Waals surface area contributed by atoms with Gasteiger partial charge in [-0.1, -0.05) is 23.7 Å². The number of nitrogens with zero attached hydrogens (tertiary/aromatic N) is 2. The van der Waals surface area contributed by atoms with Crippen molar-refractivity contribution in [2.75, 3.05) is 5.32 Å². The highest BCUT2D eigenvalue weighted by Gasteiger charge is 2.11. The normalized spacial score (nSPS) is 10.8. The van der Waals surface area contributed by atoms with Crippen LogP contribution in [0, 0.1) is 0 Å². The topological polar surface area (TPSA) is 64.1 Å². The second-order valence-electron chi connectivity index (χ2n) is 5.50. The Hall–Kier alpha value is -2.66. The van der Waals surface area contributed by atoms with Crippen LogP contribution < -0.4 is 10.1 Å². The van der Waals surface area contributed by atoms with Gasteiger partial charge in [0.15, 0.2) is 0 Å². The van der Waals surface area contributed by atoms with Gasteiger partial charge < -0.3 is 10.1 Å². The molecule has 0 unspecified atom stereocenters. The van der Waals surface area contributed by atoms with Gasteiger partial charge in [0.05, 0.1) is 27.9 Å². The monoisotopic (exact) mass is 341 g/mol. The Morgan fingerprint density at radius 1 is 1.17 bits per heavy atom. The lowest BCUT2D eigenvalue weighted by atomic mass is 10.2. The zero-order valence-electron chi connectivity index (χ0n) is 13.3. The molecule has 3 rings (SSSR count). The van der Waals surface area contributed by atoms with Crippen molar-refractivity contribution in [3.05, 3.63) is 59.4 Å². The van der Waals surface area contributed by atoms with Crippen molar-refractivity contribution < 1.29 is 9.53 Å². The van der Waals surface area contributed by atoms with E-state index in [0.717, 1.165) is 5.39 Å². The predicted octanol–water partition coefficient (Wildman–Crippen LogP) is 4.32. The lowest BCUT2D eigenvalue weighted by molar-refractivity contribution is 0.102. The van der Waals surface area contributed by atoms with Crippen molar-refractivity contribution in [1.82, 2.24) is 9.97 Å². The lowest BCUT2D eigenvalue weighted by Crippen LogP contribution is -2.13. The van der Waals surface area contributed by atoms with Crippen molar-refractivity contribution in [3.8, 4) is 5.88 Å². The van der Waals surface area contributed by atoms with Crippen LogP contribution >= 0.6 is 11.6 Å². The largest absolute Gasteiger partial charge is 0.475 e. The number of ether oxygens (including phenoxy) is 1. The number of para-hydroxylation sites is 1. The van der Waals surface area contributed by atoms with Crippen LogP contribution in [0.4, 0.5) is 5.69 Å². The Kier molecular flexibility index (Phi) is 4.62. The zero-order chi connectivity index (χ0) is 17.1. The van der Waals surface area contributed by atoms with Gasteiger partial charge in [0, 0.05) is 23.8 Å². The van der Waals surface area contributed by atoms with Gasteiger partial charge in [-0.05, 0) is 32.0 Å². The second kappa shape index (κ2) is 6.84. The minimum Gasteiger partial charge on any atom is -0.475 e. The Balaban J connectivity index is 1.84. The molecule has 24 heavy (non-hydrogen) atoms. The van der Waals surface area contributed by atoms with Crippen LogP contribution in [0.25, 0.3) is 10.9 Å². The van der Waals surface area contributed by atoms with Gasteiger partial charge in [-0.25, -0.2) is 4.98 Å². The van der Waals surface area contributed by atoms with Crippen LogP contribution in [-0.2, 0) is 0 Å². The number of carbonyl (C=O) groups is 1. The molecule has 0 aliphatic heterocycles. The molecule has 0 bridgehead atoms. The maximum absolute atomic E-state index is 12.4. The Bertz CT molecular complexity index is 879. The molecule has 0 saturated carbocycles. The molecular weight excluding hydrogens is 326 g/mol. The van der Waals surface area contributed by atoms with Gasteiger partial charge in [0.25, 0.3) is 5.91 Å². The molecule has 1 N–H and O–H groups in total. The van der Waals surface area contributed by atoms with E-state index in [2.05, 4.69) is 15.3 Å². The fourth-order valence-electron chi connectivity index (χ4n) is 2.26. The van der Waals surface area contributed by atoms with Gasteiger partial charge in [-0.3, -0.25) is 9.78 Å². The summed E-state index contributed by atoms with van der Waals surface area (Å²) in [4.78, 5) is 20.9. The highest BCUT2D eigenvalue weighted by Crippen LogP contribution is 2.27. The van der Waals surface area contributed by atoms with E-state index in [1.807, 2.05) is 26.0 Å². The van der Waals surface area contributed by atoms with Gasteiger partial charge in [0.2, 0.25) is 5.88 Å². The second-order valence-corrected chi connectivity index (χ2v) is 5.91. The lowest BCUT2D eigenvalue weighted by Gasteiger charge is -2.10. The third kappa shape index (κ3) is 3.46. The minimum absolute atomic E-state index is 0.0312. The number of pyridine rings is 2. The zero-order valence-corrected chi connectivity index (χ0v) is 14.0. The van der Waals surface area contributed by atoms with Crippen molar-refractivity contribution in [2.24, 2.45) is 0 Å². The molecule has 0 radical (unpaired) electrons. The number of benzene rings is 1. The summed E-state index contributed by atoms with van der Waals surface area (Å²) in [5.74, 6) is 0.216. The molecule has 0 spiro atoms. The van der Waals surface area contributed by atoms with Gasteiger partial charge >= 0.3 is 0 Å². The fraction of sp³-hybridized carbons (Fsp3) is 0.167. The van der Waals surface area contributed by atoms with Gasteiger partial charge in [0.1, 0.15) is 0 Å². The summed E-state index contributed by atoms with van der Waals surface area (Å²) in [6.45, 7) is 3.84. The van der Waals surface area contributed by atoms with E-state index in [4.69, 9.17) is 16.3 Å². The van der Waals surface area contributed by atoms with Crippen LogP contribution in [0.5, 0.6) is 5.88 Å². The maximum Gasteiger partial charge on any atom is 0.257 e. The number of carbonyl (C=O) groups excluding carboxylic acids is 1. The van der Waals surface area contributed by atoms with Crippen LogP contribution in [0.1, 0.15) is 24.2 Å². The van der Waals surface area contributed by atoms with E-state index in [1.54, 1.807) is 30.5 Å². The molecule has 1 amide bonds. The molecule has 0 saturated heterocycles. The van der Waals surface area contributed by atoms with E-state index in [0.29, 0.717) is 27.7 Å². The maximum atomic E-state index is 12.4. The Labute approximate surface area is 144 Å². The average molecular weight is 342 g/mol. The van der Waals surface area contributed by atoms with Crippen molar-refractivity contribution in [1.29, 1.82) is 0 Å². The van der Waals surface area contributed by atoms with E-state index in [1.165, 1.54) is 6.20 Å². The van der Waals surface area contributed by atoms with Crippen LogP contribution in [-0.4, -0.2) is 22.0 Å². The number of fused-ring (bicyclic) bond motifs is 1. The average Bonchev–Trinajstić information content (AvgIpc) is 2.56. The first kappa shape index (κ1) is 16.2. The summed E-state index contributed by atoms with van der Waals surface area (Å²) in [6.07, 6.45) is 3.13. The van der Waals surface area contributed by atoms with Gasteiger partial charge in [-0.2, -0.15) is 0 Å².